The molecule has 0 aromatic carbocycles. The van der Waals surface area contributed by atoms with Gasteiger partial charge in [0, 0.05) is 23.8 Å². The third kappa shape index (κ3) is 5.16. The Kier molecular flexibility index (Phi) is 5.31. The Morgan fingerprint density at radius 1 is 1.53 bits per heavy atom. The van der Waals surface area contributed by atoms with Crippen molar-refractivity contribution in [1.29, 1.82) is 0 Å². The minimum atomic E-state index is -0.196. The molecule has 0 atom stereocenters. The van der Waals surface area contributed by atoms with Crippen molar-refractivity contribution in [1.82, 2.24) is 15.2 Å². The summed E-state index contributed by atoms with van der Waals surface area (Å²) < 4.78 is 0.736. The van der Waals surface area contributed by atoms with Crippen LogP contribution in [0.15, 0.2) is 16.7 Å². The molecule has 0 bridgehead atoms. The van der Waals surface area contributed by atoms with Crippen LogP contribution in [0, 0.1) is 5.41 Å². The number of aromatic nitrogens is 1. The summed E-state index contributed by atoms with van der Waals surface area (Å²) in [5.41, 5.74) is 6.10. The quantitative estimate of drug-likeness (QED) is 0.863. The van der Waals surface area contributed by atoms with E-state index in [1.165, 1.54) is 0 Å². The predicted octanol–water partition coefficient (Wildman–Crippen LogP) is 1.74. The lowest BCUT2D eigenvalue weighted by Crippen LogP contribution is -2.40. The van der Waals surface area contributed by atoms with E-state index in [2.05, 4.69) is 45.0 Å². The van der Waals surface area contributed by atoms with Crippen LogP contribution in [0.4, 0.5) is 5.82 Å². The molecule has 0 saturated heterocycles. The summed E-state index contributed by atoms with van der Waals surface area (Å²) in [7, 11) is 4.03. The molecule has 1 heterocycles. The fourth-order valence-corrected chi connectivity index (χ4v) is 2.29. The van der Waals surface area contributed by atoms with Crippen LogP contribution in [0.2, 0.25) is 0 Å². The van der Waals surface area contributed by atoms with Gasteiger partial charge in [-0.3, -0.25) is 4.79 Å². The summed E-state index contributed by atoms with van der Waals surface area (Å²) in [5.74, 6) is 0.0456. The van der Waals surface area contributed by atoms with E-state index in [4.69, 9.17) is 5.73 Å². The highest BCUT2D eigenvalue weighted by atomic mass is 79.9. The van der Waals surface area contributed by atoms with Crippen LogP contribution >= 0.6 is 15.9 Å². The maximum atomic E-state index is 12.1. The van der Waals surface area contributed by atoms with Crippen molar-refractivity contribution in [3.05, 3.63) is 22.3 Å². The molecule has 0 aliphatic rings. The Balaban J connectivity index is 2.68. The van der Waals surface area contributed by atoms with Gasteiger partial charge in [-0.2, -0.15) is 0 Å². The van der Waals surface area contributed by atoms with E-state index in [0.717, 1.165) is 11.0 Å². The third-order valence-electron chi connectivity index (χ3n) is 2.60. The average Bonchev–Trinajstić information content (AvgIpc) is 2.27. The van der Waals surface area contributed by atoms with Gasteiger partial charge in [0.1, 0.15) is 5.82 Å². The van der Waals surface area contributed by atoms with Crippen molar-refractivity contribution < 1.29 is 4.79 Å². The maximum absolute atomic E-state index is 12.1. The lowest BCUT2D eigenvalue weighted by atomic mass is 9.93. The molecule has 0 spiro atoms. The Hall–Kier alpha value is -1.14. The lowest BCUT2D eigenvalue weighted by Gasteiger charge is -2.28. The van der Waals surface area contributed by atoms with E-state index in [0.29, 0.717) is 12.1 Å². The minimum absolute atomic E-state index is 0.00658. The van der Waals surface area contributed by atoms with E-state index >= 15 is 0 Å². The molecule has 0 aliphatic carbocycles. The number of amides is 1. The number of nitrogens with zero attached hydrogens (tertiary/aromatic N) is 2. The van der Waals surface area contributed by atoms with Crippen molar-refractivity contribution in [2.45, 2.75) is 13.8 Å². The summed E-state index contributed by atoms with van der Waals surface area (Å²) in [4.78, 5) is 18.1. The van der Waals surface area contributed by atoms with Gasteiger partial charge < -0.3 is 16.0 Å². The zero-order chi connectivity index (χ0) is 14.6. The number of rotatable bonds is 5. The number of pyridine rings is 1. The molecular formula is C13H21BrN4O. The van der Waals surface area contributed by atoms with Crippen molar-refractivity contribution in [2.75, 3.05) is 32.9 Å². The van der Waals surface area contributed by atoms with Crippen LogP contribution in [0.5, 0.6) is 0 Å². The van der Waals surface area contributed by atoms with Gasteiger partial charge in [0.25, 0.3) is 5.91 Å². The third-order valence-corrected chi connectivity index (χ3v) is 3.04. The second-order valence-electron chi connectivity index (χ2n) is 5.67. The van der Waals surface area contributed by atoms with E-state index in [1.54, 1.807) is 12.3 Å². The largest absolute Gasteiger partial charge is 0.383 e. The van der Waals surface area contributed by atoms with E-state index in [-0.39, 0.29) is 17.1 Å². The van der Waals surface area contributed by atoms with Gasteiger partial charge in [-0.15, -0.1) is 0 Å². The normalized spacial score (nSPS) is 11.7. The smallest absolute Gasteiger partial charge is 0.255 e. The van der Waals surface area contributed by atoms with Crippen molar-refractivity contribution >= 4 is 27.7 Å². The topological polar surface area (TPSA) is 71.2 Å². The molecule has 0 unspecified atom stereocenters. The Morgan fingerprint density at radius 2 is 2.16 bits per heavy atom. The number of anilines is 1. The van der Waals surface area contributed by atoms with Crippen molar-refractivity contribution in [3.63, 3.8) is 0 Å². The van der Waals surface area contributed by atoms with Gasteiger partial charge in [0.05, 0.1) is 5.56 Å². The van der Waals surface area contributed by atoms with Crippen LogP contribution in [0.25, 0.3) is 0 Å². The molecule has 0 radical (unpaired) electrons. The molecule has 1 amide bonds. The first-order valence-corrected chi connectivity index (χ1v) is 6.84. The summed E-state index contributed by atoms with van der Waals surface area (Å²) in [6.45, 7) is 5.68. The van der Waals surface area contributed by atoms with Gasteiger partial charge in [-0.05, 0) is 41.5 Å². The number of hydrogen-bond acceptors (Lipinski definition) is 4. The molecule has 1 aromatic heterocycles. The number of hydrogen-bond donors (Lipinski definition) is 2. The van der Waals surface area contributed by atoms with Gasteiger partial charge in [-0.1, -0.05) is 13.8 Å². The fourth-order valence-electron chi connectivity index (χ4n) is 1.96. The highest BCUT2D eigenvalue weighted by Crippen LogP contribution is 2.17. The minimum Gasteiger partial charge on any atom is -0.383 e. The molecule has 106 valence electrons. The Bertz CT molecular complexity index is 460. The van der Waals surface area contributed by atoms with Crippen LogP contribution in [0.3, 0.4) is 0 Å². The number of carbonyl (C=O) groups is 1. The van der Waals surface area contributed by atoms with Crippen molar-refractivity contribution in [2.24, 2.45) is 5.41 Å². The van der Waals surface area contributed by atoms with E-state index in [1.807, 2.05) is 14.1 Å². The lowest BCUT2D eigenvalue weighted by molar-refractivity contribution is 0.0930. The van der Waals surface area contributed by atoms with Crippen LogP contribution in [0.1, 0.15) is 24.2 Å². The second-order valence-corrected chi connectivity index (χ2v) is 6.59. The first-order valence-electron chi connectivity index (χ1n) is 6.05. The summed E-state index contributed by atoms with van der Waals surface area (Å²) in [6, 6.07) is 1.68. The average molecular weight is 329 g/mol. The number of nitrogens with one attached hydrogen (secondary N) is 1. The molecule has 3 N–H and O–H groups in total. The summed E-state index contributed by atoms with van der Waals surface area (Å²) >= 11 is 3.28. The van der Waals surface area contributed by atoms with E-state index in [9.17, 15) is 4.79 Å². The molecule has 0 fully saturated rings. The van der Waals surface area contributed by atoms with Gasteiger partial charge >= 0.3 is 0 Å². The monoisotopic (exact) mass is 328 g/mol. The predicted molar refractivity (Wildman–Crippen MR) is 81.0 cm³/mol. The van der Waals surface area contributed by atoms with Gasteiger partial charge in [0.2, 0.25) is 0 Å². The highest BCUT2D eigenvalue weighted by molar-refractivity contribution is 9.10. The highest BCUT2D eigenvalue weighted by Gasteiger charge is 2.21. The first kappa shape index (κ1) is 15.9. The van der Waals surface area contributed by atoms with Crippen LogP contribution in [-0.2, 0) is 0 Å². The maximum Gasteiger partial charge on any atom is 0.255 e. The summed E-state index contributed by atoms with van der Waals surface area (Å²) in [6.07, 6.45) is 1.57. The number of nitrogens with two attached hydrogens (primary N) is 1. The Morgan fingerprint density at radius 3 is 2.74 bits per heavy atom. The summed E-state index contributed by atoms with van der Waals surface area (Å²) in [5, 5.41) is 2.91. The SMILES string of the molecule is CN(C)CC(C)(C)CNC(=O)c1cc(Br)cnc1N. The van der Waals surface area contributed by atoms with E-state index < -0.39 is 0 Å². The zero-order valence-corrected chi connectivity index (χ0v) is 13.4. The molecule has 0 aliphatic heterocycles. The number of nitrogen functional groups attached to an aromatic ring is 1. The van der Waals surface area contributed by atoms with Gasteiger partial charge in [-0.25, -0.2) is 4.98 Å². The fraction of sp³-hybridized carbons (Fsp3) is 0.538. The number of halogens is 1. The molecule has 1 rings (SSSR count). The molecule has 6 heteroatoms. The van der Waals surface area contributed by atoms with Crippen LogP contribution < -0.4 is 11.1 Å². The van der Waals surface area contributed by atoms with Crippen molar-refractivity contribution in [3.8, 4) is 0 Å². The molecule has 1 aromatic rings. The molecule has 19 heavy (non-hydrogen) atoms. The standard InChI is InChI=1S/C13H21BrN4O/c1-13(2,8-18(3)4)7-17-12(19)10-5-9(14)6-16-11(10)15/h5-6H,7-8H2,1-4H3,(H2,15,16)(H,17,19). The molecule has 5 nitrogen and oxygen atoms in total. The second kappa shape index (κ2) is 6.34. The first-order chi connectivity index (χ1) is 8.71. The van der Waals surface area contributed by atoms with Crippen LogP contribution in [-0.4, -0.2) is 43.0 Å². The molecule has 0 saturated carbocycles. The number of carbonyl (C=O) groups excluding carboxylic acids is 1. The zero-order valence-electron chi connectivity index (χ0n) is 11.8. The molecular weight excluding hydrogens is 308 g/mol. The van der Waals surface area contributed by atoms with Gasteiger partial charge in [0.15, 0.2) is 0 Å². The Labute approximate surface area is 122 Å².